The van der Waals surface area contributed by atoms with Crippen molar-refractivity contribution in [2.24, 2.45) is 0 Å². The molecule has 6 heteroatoms. The zero-order valence-corrected chi connectivity index (χ0v) is 12.2. The van der Waals surface area contributed by atoms with Crippen LogP contribution in [-0.2, 0) is 9.84 Å². The molecule has 102 valence electrons. The monoisotopic (exact) mass is 271 g/mol. The second-order valence-corrected chi connectivity index (χ2v) is 7.49. The fraction of sp³-hybridized carbons (Fsp3) is 0.667. The normalized spacial score (nSPS) is 14.4. The number of aromatic nitrogens is 2. The summed E-state index contributed by atoms with van der Waals surface area (Å²) in [5.74, 6) is 0. The average molecular weight is 271 g/mol. The number of hydrogen-bond donors (Lipinski definition) is 1. The van der Waals surface area contributed by atoms with Crippen molar-refractivity contribution in [3.05, 3.63) is 24.3 Å². The van der Waals surface area contributed by atoms with Crippen molar-refractivity contribution in [3.63, 3.8) is 0 Å². The van der Waals surface area contributed by atoms with Crippen LogP contribution in [0.15, 0.2) is 18.6 Å². The minimum Gasteiger partial charge on any atom is -0.307 e. The largest absolute Gasteiger partial charge is 0.307 e. The Kier molecular flexibility index (Phi) is 4.81. The van der Waals surface area contributed by atoms with E-state index < -0.39 is 14.6 Å². The summed E-state index contributed by atoms with van der Waals surface area (Å²) >= 11 is 0. The molecule has 1 N–H and O–H groups in total. The zero-order chi connectivity index (χ0) is 13.8. The Bertz CT molecular complexity index is 471. The van der Waals surface area contributed by atoms with Gasteiger partial charge in [0.05, 0.1) is 22.7 Å². The molecule has 0 aliphatic carbocycles. The summed E-state index contributed by atoms with van der Waals surface area (Å²) in [6.45, 7) is 6.20. The van der Waals surface area contributed by atoms with Gasteiger partial charge in [0.1, 0.15) is 0 Å². The van der Waals surface area contributed by atoms with E-state index in [4.69, 9.17) is 0 Å². The van der Waals surface area contributed by atoms with Gasteiger partial charge < -0.3 is 5.32 Å². The lowest BCUT2D eigenvalue weighted by Crippen LogP contribution is -2.45. The molecule has 1 aromatic rings. The Morgan fingerprint density at radius 3 is 2.50 bits per heavy atom. The van der Waals surface area contributed by atoms with E-state index in [1.54, 1.807) is 32.4 Å². The molecule has 1 rings (SSSR count). The van der Waals surface area contributed by atoms with E-state index in [0.717, 1.165) is 13.0 Å². The van der Waals surface area contributed by atoms with Crippen LogP contribution in [0.3, 0.4) is 0 Å². The Balaban J connectivity index is 3.14. The standard InChI is InChI=1S/C12H21N3O2S/c1-5-6-15-11(10-9-13-7-8-14-10)12(2,3)18(4,16)17/h7-9,11,15H,5-6H2,1-4H3. The third-order valence-corrected chi connectivity index (χ3v) is 5.28. The molecule has 1 atom stereocenters. The molecule has 0 saturated carbocycles. The summed E-state index contributed by atoms with van der Waals surface area (Å²) in [5, 5.41) is 3.25. The van der Waals surface area contributed by atoms with Gasteiger partial charge in [0.2, 0.25) is 0 Å². The predicted octanol–water partition coefficient (Wildman–Crippen LogP) is 1.34. The molecule has 0 bridgehead atoms. The third kappa shape index (κ3) is 3.26. The highest BCUT2D eigenvalue weighted by Crippen LogP contribution is 2.30. The van der Waals surface area contributed by atoms with Crippen molar-refractivity contribution in [1.82, 2.24) is 15.3 Å². The highest BCUT2D eigenvalue weighted by molar-refractivity contribution is 7.92. The summed E-state index contributed by atoms with van der Waals surface area (Å²) < 4.78 is 23.0. The van der Waals surface area contributed by atoms with Crippen molar-refractivity contribution in [2.75, 3.05) is 12.8 Å². The topological polar surface area (TPSA) is 72.0 Å². The molecule has 0 fully saturated rings. The second kappa shape index (κ2) is 5.75. The number of rotatable bonds is 6. The summed E-state index contributed by atoms with van der Waals surface area (Å²) in [6, 6.07) is -0.360. The van der Waals surface area contributed by atoms with E-state index >= 15 is 0 Å². The predicted molar refractivity (Wildman–Crippen MR) is 72.0 cm³/mol. The fourth-order valence-electron chi connectivity index (χ4n) is 1.67. The minimum atomic E-state index is -3.21. The lowest BCUT2D eigenvalue weighted by atomic mass is 10.00. The molecule has 0 spiro atoms. The molecule has 0 aromatic carbocycles. The van der Waals surface area contributed by atoms with Gasteiger partial charge in [-0.3, -0.25) is 9.97 Å². The van der Waals surface area contributed by atoms with Crippen LogP contribution in [0.1, 0.15) is 38.9 Å². The Morgan fingerprint density at radius 1 is 1.39 bits per heavy atom. The molecule has 1 unspecified atom stereocenters. The maximum Gasteiger partial charge on any atom is 0.154 e. The van der Waals surface area contributed by atoms with E-state index in [9.17, 15) is 8.42 Å². The molecule has 0 aliphatic rings. The van der Waals surface area contributed by atoms with E-state index in [0.29, 0.717) is 5.69 Å². The molecular weight excluding hydrogens is 250 g/mol. The van der Waals surface area contributed by atoms with Gasteiger partial charge in [-0.05, 0) is 26.8 Å². The Morgan fingerprint density at radius 2 is 2.06 bits per heavy atom. The van der Waals surface area contributed by atoms with E-state index in [2.05, 4.69) is 15.3 Å². The molecule has 5 nitrogen and oxygen atoms in total. The number of nitrogens with zero attached hydrogens (tertiary/aromatic N) is 2. The molecule has 0 radical (unpaired) electrons. The highest BCUT2D eigenvalue weighted by Gasteiger charge is 2.40. The van der Waals surface area contributed by atoms with Crippen LogP contribution in [-0.4, -0.2) is 35.9 Å². The van der Waals surface area contributed by atoms with Crippen LogP contribution < -0.4 is 5.32 Å². The molecule has 0 amide bonds. The highest BCUT2D eigenvalue weighted by atomic mass is 32.2. The van der Waals surface area contributed by atoms with Gasteiger partial charge in [-0.15, -0.1) is 0 Å². The first kappa shape index (κ1) is 15.0. The smallest absolute Gasteiger partial charge is 0.154 e. The van der Waals surface area contributed by atoms with Crippen LogP contribution in [0, 0.1) is 0 Å². The van der Waals surface area contributed by atoms with Gasteiger partial charge >= 0.3 is 0 Å². The molecule has 0 saturated heterocycles. The van der Waals surface area contributed by atoms with Gasteiger partial charge in [-0.1, -0.05) is 6.92 Å². The first-order valence-electron chi connectivity index (χ1n) is 5.99. The fourth-order valence-corrected chi connectivity index (χ4v) is 2.30. The minimum absolute atomic E-state index is 0.360. The summed E-state index contributed by atoms with van der Waals surface area (Å²) in [6.07, 6.45) is 6.95. The van der Waals surface area contributed by atoms with Crippen LogP contribution in [0.5, 0.6) is 0 Å². The first-order chi connectivity index (χ1) is 8.30. The molecular formula is C12H21N3O2S. The zero-order valence-electron chi connectivity index (χ0n) is 11.3. The molecule has 1 heterocycles. The van der Waals surface area contributed by atoms with Crippen molar-refractivity contribution in [1.29, 1.82) is 0 Å². The van der Waals surface area contributed by atoms with Gasteiger partial charge in [0.25, 0.3) is 0 Å². The average Bonchev–Trinajstić information content (AvgIpc) is 2.29. The van der Waals surface area contributed by atoms with Gasteiger partial charge in [-0.2, -0.15) is 0 Å². The van der Waals surface area contributed by atoms with Crippen molar-refractivity contribution >= 4 is 9.84 Å². The maximum absolute atomic E-state index is 11.9. The number of nitrogens with one attached hydrogen (secondary N) is 1. The Labute approximate surface area is 109 Å². The van der Waals surface area contributed by atoms with Crippen molar-refractivity contribution in [3.8, 4) is 0 Å². The van der Waals surface area contributed by atoms with Crippen molar-refractivity contribution < 1.29 is 8.42 Å². The van der Waals surface area contributed by atoms with Crippen LogP contribution in [0.4, 0.5) is 0 Å². The lowest BCUT2D eigenvalue weighted by Gasteiger charge is -2.32. The molecule has 1 aromatic heterocycles. The van der Waals surface area contributed by atoms with Crippen LogP contribution in [0.2, 0.25) is 0 Å². The molecule has 18 heavy (non-hydrogen) atoms. The van der Waals surface area contributed by atoms with Crippen molar-refractivity contribution in [2.45, 2.75) is 38.0 Å². The summed E-state index contributed by atoms with van der Waals surface area (Å²) in [5.41, 5.74) is 0.654. The lowest BCUT2D eigenvalue weighted by molar-refractivity contribution is 0.411. The van der Waals surface area contributed by atoms with Gasteiger partial charge in [-0.25, -0.2) is 8.42 Å². The second-order valence-electron chi connectivity index (χ2n) is 4.89. The van der Waals surface area contributed by atoms with E-state index in [1.807, 2.05) is 6.92 Å². The summed E-state index contributed by atoms with van der Waals surface area (Å²) in [7, 11) is -3.21. The molecule has 0 aliphatic heterocycles. The maximum atomic E-state index is 11.9. The van der Waals surface area contributed by atoms with Gasteiger partial charge in [0, 0.05) is 18.6 Å². The first-order valence-corrected chi connectivity index (χ1v) is 7.88. The number of sulfone groups is 1. The van der Waals surface area contributed by atoms with Crippen LogP contribution >= 0.6 is 0 Å². The van der Waals surface area contributed by atoms with Gasteiger partial charge in [0.15, 0.2) is 9.84 Å². The number of hydrogen-bond acceptors (Lipinski definition) is 5. The van der Waals surface area contributed by atoms with E-state index in [1.165, 1.54) is 6.26 Å². The quantitative estimate of drug-likeness (QED) is 0.845. The van der Waals surface area contributed by atoms with Crippen LogP contribution in [0.25, 0.3) is 0 Å². The SMILES string of the molecule is CCCNC(c1cnccn1)C(C)(C)S(C)(=O)=O. The summed E-state index contributed by atoms with van der Waals surface area (Å²) in [4.78, 5) is 8.23. The Hall–Kier alpha value is -1.01. The van der Waals surface area contributed by atoms with E-state index in [-0.39, 0.29) is 6.04 Å². The third-order valence-electron chi connectivity index (χ3n) is 3.13.